The summed E-state index contributed by atoms with van der Waals surface area (Å²) in [7, 11) is 2.01. The van der Waals surface area contributed by atoms with Crippen molar-refractivity contribution in [3.63, 3.8) is 0 Å². The molecule has 0 spiro atoms. The van der Waals surface area contributed by atoms with Gasteiger partial charge in [0.05, 0.1) is 5.52 Å². The second-order valence-electron chi connectivity index (χ2n) is 11.1. The molecule has 1 amide bonds. The Bertz CT molecular complexity index is 1170. The van der Waals surface area contributed by atoms with Gasteiger partial charge in [0.25, 0.3) is 0 Å². The summed E-state index contributed by atoms with van der Waals surface area (Å²) in [4.78, 5) is 19.7. The lowest BCUT2D eigenvalue weighted by Gasteiger charge is -2.32. The predicted octanol–water partition coefficient (Wildman–Crippen LogP) is 7.89. The van der Waals surface area contributed by atoms with Crippen LogP contribution in [-0.2, 0) is 9.53 Å². The third-order valence-electron chi connectivity index (χ3n) is 8.59. The van der Waals surface area contributed by atoms with Crippen LogP contribution in [0.4, 0.5) is 0 Å². The molecule has 5 nitrogen and oxygen atoms in total. The van der Waals surface area contributed by atoms with E-state index >= 15 is 0 Å². The van der Waals surface area contributed by atoms with Gasteiger partial charge in [0.1, 0.15) is 11.5 Å². The number of para-hydroxylation sites is 1. The van der Waals surface area contributed by atoms with E-state index in [4.69, 9.17) is 14.5 Å². The van der Waals surface area contributed by atoms with Crippen LogP contribution in [0.1, 0.15) is 82.1 Å². The maximum Gasteiger partial charge on any atom is 0.222 e. The van der Waals surface area contributed by atoms with Crippen LogP contribution in [0.3, 0.4) is 0 Å². The Hall–Kier alpha value is -2.92. The summed E-state index contributed by atoms with van der Waals surface area (Å²) in [5.74, 6) is 3.00. The van der Waals surface area contributed by atoms with Crippen molar-refractivity contribution in [3.05, 3.63) is 66.4 Å². The number of benzene rings is 2. The van der Waals surface area contributed by atoms with Gasteiger partial charge in [-0.05, 0) is 92.3 Å². The molecule has 1 aromatic heterocycles. The average Bonchev–Trinajstić information content (AvgIpc) is 2.98. The predicted molar refractivity (Wildman–Crippen MR) is 153 cm³/mol. The van der Waals surface area contributed by atoms with Gasteiger partial charge in [-0.2, -0.15) is 0 Å². The molecule has 202 valence electrons. The van der Waals surface area contributed by atoms with E-state index in [0.717, 1.165) is 67.7 Å². The zero-order valence-electron chi connectivity index (χ0n) is 22.8. The highest BCUT2D eigenvalue weighted by molar-refractivity contribution is 5.81. The van der Waals surface area contributed by atoms with Gasteiger partial charge in [0.2, 0.25) is 5.91 Å². The van der Waals surface area contributed by atoms with Crippen LogP contribution in [0.5, 0.6) is 11.5 Å². The third kappa shape index (κ3) is 6.93. The Morgan fingerprint density at radius 2 is 1.76 bits per heavy atom. The van der Waals surface area contributed by atoms with Gasteiger partial charge in [-0.3, -0.25) is 9.78 Å². The molecule has 5 rings (SSSR count). The highest BCUT2D eigenvalue weighted by Crippen LogP contribution is 2.37. The van der Waals surface area contributed by atoms with Crippen molar-refractivity contribution in [1.82, 2.24) is 9.88 Å². The van der Waals surface area contributed by atoms with Crippen LogP contribution in [0.15, 0.2) is 60.8 Å². The Balaban J connectivity index is 1.25. The van der Waals surface area contributed by atoms with Crippen molar-refractivity contribution >= 4 is 16.8 Å². The molecule has 3 aromatic rings. The molecule has 1 unspecified atom stereocenters. The Morgan fingerprint density at radius 3 is 2.55 bits per heavy atom. The van der Waals surface area contributed by atoms with Gasteiger partial charge in [-0.15, -0.1) is 0 Å². The molecule has 2 aromatic carbocycles. The fourth-order valence-electron chi connectivity index (χ4n) is 6.30. The number of ether oxygens (including phenoxy) is 2. The molecule has 2 heterocycles. The molecule has 1 saturated carbocycles. The van der Waals surface area contributed by atoms with Gasteiger partial charge >= 0.3 is 0 Å². The van der Waals surface area contributed by atoms with Gasteiger partial charge in [-0.1, -0.05) is 43.9 Å². The first-order chi connectivity index (χ1) is 18.7. The molecule has 0 radical (unpaired) electrons. The molecule has 1 saturated heterocycles. The third-order valence-corrected chi connectivity index (χ3v) is 8.59. The number of aromatic nitrogens is 1. The van der Waals surface area contributed by atoms with Crippen LogP contribution < -0.4 is 4.74 Å². The number of rotatable bonds is 10. The topological polar surface area (TPSA) is 51.7 Å². The van der Waals surface area contributed by atoms with E-state index in [-0.39, 0.29) is 0 Å². The Morgan fingerprint density at radius 1 is 0.974 bits per heavy atom. The largest absolute Gasteiger partial charge is 0.457 e. The van der Waals surface area contributed by atoms with E-state index < -0.39 is 0 Å². The minimum absolute atomic E-state index is 0.317. The summed E-state index contributed by atoms with van der Waals surface area (Å²) in [6.07, 6.45) is 14.2. The maximum absolute atomic E-state index is 12.9. The smallest absolute Gasteiger partial charge is 0.222 e. The number of unbranched alkanes of at least 4 members (excludes halogenated alkanes) is 1. The van der Waals surface area contributed by atoms with E-state index in [1.54, 1.807) is 0 Å². The summed E-state index contributed by atoms with van der Waals surface area (Å²) in [6.45, 7) is 1.67. The van der Waals surface area contributed by atoms with Crippen LogP contribution in [0, 0.1) is 5.92 Å². The lowest BCUT2D eigenvalue weighted by atomic mass is 9.78. The summed E-state index contributed by atoms with van der Waals surface area (Å²) < 4.78 is 11.8. The molecular formula is C33H42N2O3. The number of nitrogens with zero attached hydrogens (tertiary/aromatic N) is 2. The van der Waals surface area contributed by atoms with E-state index in [1.807, 2.05) is 54.4 Å². The molecule has 2 fully saturated rings. The van der Waals surface area contributed by atoms with E-state index in [9.17, 15) is 4.79 Å². The van der Waals surface area contributed by atoms with E-state index in [2.05, 4.69) is 18.3 Å². The molecule has 5 heteroatoms. The molecule has 1 aliphatic carbocycles. The first kappa shape index (κ1) is 26.7. The monoisotopic (exact) mass is 514 g/mol. The minimum Gasteiger partial charge on any atom is -0.457 e. The van der Waals surface area contributed by atoms with Crippen molar-refractivity contribution in [2.24, 2.45) is 5.92 Å². The molecule has 1 aliphatic heterocycles. The summed E-state index contributed by atoms with van der Waals surface area (Å²) >= 11 is 0. The number of fused-ring (bicyclic) bond motifs is 1. The lowest BCUT2D eigenvalue weighted by Crippen LogP contribution is -2.38. The van der Waals surface area contributed by atoms with Crippen LogP contribution in [0.2, 0.25) is 0 Å². The highest BCUT2D eigenvalue weighted by atomic mass is 16.5. The normalized spacial score (nSPS) is 17.8. The fourth-order valence-corrected chi connectivity index (χ4v) is 6.30. The van der Waals surface area contributed by atoms with Crippen molar-refractivity contribution in [2.45, 2.75) is 82.6 Å². The van der Waals surface area contributed by atoms with Gasteiger partial charge < -0.3 is 14.4 Å². The molecule has 2 aliphatic rings. The first-order valence-electron chi connectivity index (χ1n) is 14.6. The SMILES string of the molecule is CN(C(=O)CCCCC(c1cnc2ccc(Oc3ccccc3)cc2c1)C1CCOCC1)C1CCCCC1. The quantitative estimate of drug-likeness (QED) is 0.258. The number of carbonyl (C=O) groups is 1. The molecule has 38 heavy (non-hydrogen) atoms. The highest BCUT2D eigenvalue weighted by Gasteiger charge is 2.26. The van der Waals surface area contributed by atoms with Crippen LogP contribution >= 0.6 is 0 Å². The van der Waals surface area contributed by atoms with Crippen molar-refractivity contribution in [2.75, 3.05) is 20.3 Å². The number of carbonyl (C=O) groups excluding carboxylic acids is 1. The number of pyridine rings is 1. The minimum atomic E-state index is 0.317. The van der Waals surface area contributed by atoms with Crippen molar-refractivity contribution in [1.29, 1.82) is 0 Å². The average molecular weight is 515 g/mol. The molecular weight excluding hydrogens is 472 g/mol. The van der Waals surface area contributed by atoms with E-state index in [0.29, 0.717) is 30.2 Å². The second-order valence-corrected chi connectivity index (χ2v) is 11.1. The van der Waals surface area contributed by atoms with Crippen molar-refractivity contribution < 1.29 is 14.3 Å². The first-order valence-corrected chi connectivity index (χ1v) is 14.6. The van der Waals surface area contributed by atoms with Gasteiger partial charge in [0.15, 0.2) is 0 Å². The summed E-state index contributed by atoms with van der Waals surface area (Å²) in [5.41, 5.74) is 2.28. The van der Waals surface area contributed by atoms with Crippen molar-refractivity contribution in [3.8, 4) is 11.5 Å². The summed E-state index contributed by atoms with van der Waals surface area (Å²) in [6, 6.07) is 18.8. The number of amides is 1. The number of hydrogen-bond acceptors (Lipinski definition) is 4. The molecule has 0 bridgehead atoms. The zero-order valence-corrected chi connectivity index (χ0v) is 22.8. The van der Waals surface area contributed by atoms with Gasteiger partial charge in [0, 0.05) is 44.3 Å². The number of hydrogen-bond donors (Lipinski definition) is 0. The van der Waals surface area contributed by atoms with Crippen LogP contribution in [0.25, 0.3) is 10.9 Å². The standard InChI is InChI=1S/C33H42N2O3/c1-35(28-10-4-2-5-11-28)33(36)15-9-8-14-31(25-18-20-37-21-19-25)27-22-26-23-30(16-17-32(26)34-24-27)38-29-12-6-3-7-13-29/h3,6-7,12-13,16-17,22-25,28,31H,2,4-5,8-11,14-15,18-21H2,1H3. The maximum atomic E-state index is 12.9. The molecule has 1 atom stereocenters. The Labute approximate surface area is 227 Å². The zero-order chi connectivity index (χ0) is 26.2. The lowest BCUT2D eigenvalue weighted by molar-refractivity contribution is -0.132. The summed E-state index contributed by atoms with van der Waals surface area (Å²) in [5, 5.41) is 1.11. The van der Waals surface area contributed by atoms with E-state index in [1.165, 1.54) is 37.7 Å². The second kappa shape index (κ2) is 13.2. The molecule has 0 N–H and O–H groups in total. The Kier molecular flexibility index (Phi) is 9.29. The van der Waals surface area contributed by atoms with Crippen LogP contribution in [-0.4, -0.2) is 42.1 Å². The van der Waals surface area contributed by atoms with Gasteiger partial charge in [-0.25, -0.2) is 0 Å². The fraction of sp³-hybridized carbons (Fsp3) is 0.515.